The number of anilines is 1. The number of hydrogen-bond donors (Lipinski definition) is 0. The third-order valence-electron chi connectivity index (χ3n) is 5.33. The standard InChI is InChI=1S/C27H22ClNO6S/c1-3-34-27(31)26-18(2)35-24-15-12-21(17-23(24)26)29(25(30)16-9-19-7-5-4-6-8-19)36(32,33)22-13-10-20(28)11-14-22/h4-17H,3H2,1-2H3. The largest absolute Gasteiger partial charge is 0.462 e. The third-order valence-corrected chi connectivity index (χ3v) is 7.32. The normalized spacial score (nSPS) is 11.6. The molecule has 4 aromatic rings. The Bertz CT molecular complexity index is 1560. The summed E-state index contributed by atoms with van der Waals surface area (Å²) in [4.78, 5) is 25.8. The molecule has 0 N–H and O–H groups in total. The number of sulfonamides is 1. The highest BCUT2D eigenvalue weighted by Crippen LogP contribution is 2.33. The molecular weight excluding hydrogens is 502 g/mol. The lowest BCUT2D eigenvalue weighted by atomic mass is 10.1. The van der Waals surface area contributed by atoms with Crippen LogP contribution in [0.5, 0.6) is 0 Å². The van der Waals surface area contributed by atoms with Crippen molar-refractivity contribution in [2.45, 2.75) is 18.7 Å². The van der Waals surface area contributed by atoms with Crippen LogP contribution in [-0.4, -0.2) is 26.9 Å². The van der Waals surface area contributed by atoms with Crippen molar-refractivity contribution in [2.24, 2.45) is 0 Å². The molecule has 1 aromatic heterocycles. The second kappa shape index (κ2) is 10.4. The van der Waals surface area contributed by atoms with Crippen LogP contribution in [0, 0.1) is 6.92 Å². The van der Waals surface area contributed by atoms with Crippen LogP contribution in [0.25, 0.3) is 17.0 Å². The van der Waals surface area contributed by atoms with E-state index in [1.165, 1.54) is 54.6 Å². The molecule has 0 aliphatic rings. The maximum absolute atomic E-state index is 13.7. The summed E-state index contributed by atoms with van der Waals surface area (Å²) in [7, 11) is -4.35. The van der Waals surface area contributed by atoms with Gasteiger partial charge in [0, 0.05) is 16.5 Å². The highest BCUT2D eigenvalue weighted by atomic mass is 35.5. The van der Waals surface area contributed by atoms with Crippen LogP contribution in [0.4, 0.5) is 5.69 Å². The minimum Gasteiger partial charge on any atom is -0.462 e. The van der Waals surface area contributed by atoms with Crippen molar-refractivity contribution in [1.82, 2.24) is 0 Å². The first-order valence-electron chi connectivity index (χ1n) is 11.0. The summed E-state index contributed by atoms with van der Waals surface area (Å²) in [5.41, 5.74) is 1.28. The molecule has 7 nitrogen and oxygen atoms in total. The molecule has 1 amide bonds. The van der Waals surface area contributed by atoms with Crippen LogP contribution in [0.15, 0.2) is 88.2 Å². The molecule has 0 atom stereocenters. The number of halogens is 1. The molecule has 0 saturated heterocycles. The summed E-state index contributed by atoms with van der Waals surface area (Å²) in [5.74, 6) is -1.08. The Kier molecular flexibility index (Phi) is 7.28. The van der Waals surface area contributed by atoms with Crippen molar-refractivity contribution < 1.29 is 27.2 Å². The van der Waals surface area contributed by atoms with Crippen LogP contribution in [0.1, 0.15) is 28.6 Å². The molecule has 9 heteroatoms. The van der Waals surface area contributed by atoms with Crippen molar-refractivity contribution >= 4 is 56.2 Å². The van der Waals surface area contributed by atoms with E-state index in [9.17, 15) is 18.0 Å². The Labute approximate surface area is 213 Å². The average molecular weight is 524 g/mol. The van der Waals surface area contributed by atoms with Gasteiger partial charge in [-0.25, -0.2) is 13.2 Å². The van der Waals surface area contributed by atoms with Gasteiger partial charge in [0.05, 0.1) is 17.2 Å². The van der Waals surface area contributed by atoms with Gasteiger partial charge in [-0.2, -0.15) is 4.31 Å². The highest BCUT2D eigenvalue weighted by molar-refractivity contribution is 7.93. The minimum absolute atomic E-state index is 0.0338. The predicted molar refractivity (Wildman–Crippen MR) is 139 cm³/mol. The van der Waals surface area contributed by atoms with Crippen LogP contribution < -0.4 is 4.31 Å². The maximum atomic E-state index is 13.7. The number of hydrogen-bond acceptors (Lipinski definition) is 6. The lowest BCUT2D eigenvalue weighted by molar-refractivity contribution is -0.113. The topological polar surface area (TPSA) is 93.9 Å². The summed E-state index contributed by atoms with van der Waals surface area (Å²) >= 11 is 5.94. The first-order valence-corrected chi connectivity index (χ1v) is 12.8. The zero-order chi connectivity index (χ0) is 25.9. The smallest absolute Gasteiger partial charge is 0.342 e. The molecule has 36 heavy (non-hydrogen) atoms. The average Bonchev–Trinajstić information content (AvgIpc) is 3.19. The number of rotatable bonds is 7. The van der Waals surface area contributed by atoms with Gasteiger partial charge >= 0.3 is 5.97 Å². The Morgan fingerprint density at radius 3 is 2.39 bits per heavy atom. The van der Waals surface area contributed by atoms with Crippen molar-refractivity contribution in [2.75, 3.05) is 10.9 Å². The molecule has 0 spiro atoms. The van der Waals surface area contributed by atoms with Gasteiger partial charge in [-0.1, -0.05) is 41.9 Å². The van der Waals surface area contributed by atoms with Gasteiger partial charge in [0.15, 0.2) is 0 Å². The number of carbonyl (C=O) groups excluding carboxylic acids is 2. The molecule has 0 aliphatic heterocycles. The van der Waals surface area contributed by atoms with E-state index >= 15 is 0 Å². The van der Waals surface area contributed by atoms with E-state index in [1.807, 2.05) is 6.07 Å². The fourth-order valence-electron chi connectivity index (χ4n) is 3.69. The molecule has 184 valence electrons. The molecule has 0 saturated carbocycles. The van der Waals surface area contributed by atoms with Crippen molar-refractivity contribution in [1.29, 1.82) is 0 Å². The monoisotopic (exact) mass is 523 g/mol. The molecule has 0 aliphatic carbocycles. The fraction of sp³-hybridized carbons (Fsp3) is 0.111. The van der Waals surface area contributed by atoms with Gasteiger partial charge in [0.25, 0.3) is 15.9 Å². The van der Waals surface area contributed by atoms with E-state index in [2.05, 4.69) is 0 Å². The lowest BCUT2D eigenvalue weighted by Gasteiger charge is -2.21. The van der Waals surface area contributed by atoms with Crippen molar-refractivity contribution in [3.8, 4) is 0 Å². The highest BCUT2D eigenvalue weighted by Gasteiger charge is 2.31. The summed E-state index contributed by atoms with van der Waals surface area (Å²) in [6, 6.07) is 18.9. The Hall–Kier alpha value is -3.88. The van der Waals surface area contributed by atoms with E-state index in [4.69, 9.17) is 20.8 Å². The zero-order valence-electron chi connectivity index (χ0n) is 19.5. The number of benzene rings is 3. The Morgan fingerprint density at radius 1 is 1.03 bits per heavy atom. The zero-order valence-corrected chi connectivity index (χ0v) is 21.0. The van der Waals surface area contributed by atoms with Crippen LogP contribution in [0.3, 0.4) is 0 Å². The molecule has 0 radical (unpaired) electrons. The van der Waals surface area contributed by atoms with Crippen LogP contribution in [0.2, 0.25) is 5.02 Å². The molecule has 0 unspecified atom stereocenters. The summed E-state index contributed by atoms with van der Waals surface area (Å²) < 4.78 is 38.8. The van der Waals surface area contributed by atoms with E-state index < -0.39 is 21.9 Å². The molecule has 3 aromatic carbocycles. The predicted octanol–water partition coefficient (Wildman–Crippen LogP) is 6.01. The number of aryl methyl sites for hydroxylation is 1. The molecule has 1 heterocycles. The number of esters is 1. The van der Waals surface area contributed by atoms with Gasteiger partial charge in [-0.3, -0.25) is 4.79 Å². The summed E-state index contributed by atoms with van der Waals surface area (Å²) in [6.45, 7) is 3.45. The van der Waals surface area contributed by atoms with Crippen LogP contribution in [-0.2, 0) is 19.6 Å². The van der Waals surface area contributed by atoms with Gasteiger partial charge < -0.3 is 9.15 Å². The van der Waals surface area contributed by atoms with E-state index in [1.54, 1.807) is 38.1 Å². The number of furan rings is 1. The van der Waals surface area contributed by atoms with E-state index in [0.29, 0.717) is 26.1 Å². The van der Waals surface area contributed by atoms with Gasteiger partial charge in [-0.05, 0) is 68.0 Å². The second-order valence-electron chi connectivity index (χ2n) is 7.74. The second-order valence-corrected chi connectivity index (χ2v) is 9.96. The van der Waals surface area contributed by atoms with Crippen molar-refractivity contribution in [3.63, 3.8) is 0 Å². The molecule has 0 fully saturated rings. The maximum Gasteiger partial charge on any atom is 0.342 e. The van der Waals surface area contributed by atoms with Gasteiger partial charge in [0.1, 0.15) is 16.9 Å². The summed E-state index contributed by atoms with van der Waals surface area (Å²) in [6.07, 6.45) is 2.71. The lowest BCUT2D eigenvalue weighted by Crippen LogP contribution is -2.35. The van der Waals surface area contributed by atoms with Gasteiger partial charge in [0.2, 0.25) is 0 Å². The van der Waals surface area contributed by atoms with E-state index in [-0.39, 0.29) is 22.8 Å². The number of nitrogens with zero attached hydrogens (tertiary/aromatic N) is 1. The molecular formula is C27H22ClNO6S. The number of ether oxygens (including phenoxy) is 1. The first-order chi connectivity index (χ1) is 17.2. The fourth-order valence-corrected chi connectivity index (χ4v) is 5.19. The molecule has 0 bridgehead atoms. The Balaban J connectivity index is 1.87. The van der Waals surface area contributed by atoms with Crippen molar-refractivity contribution in [3.05, 3.63) is 101 Å². The number of fused-ring (bicyclic) bond motifs is 1. The quantitative estimate of drug-likeness (QED) is 0.217. The SMILES string of the molecule is CCOC(=O)c1c(C)oc2ccc(N(C(=O)C=Cc3ccccc3)S(=O)(=O)c3ccc(Cl)cc3)cc12. The molecule has 4 rings (SSSR count). The summed E-state index contributed by atoms with van der Waals surface area (Å²) in [5, 5.41) is 0.685. The van der Waals surface area contributed by atoms with Gasteiger partial charge in [-0.15, -0.1) is 0 Å². The number of amides is 1. The first kappa shape index (κ1) is 25.2. The Morgan fingerprint density at radius 2 is 1.72 bits per heavy atom. The minimum atomic E-state index is -4.35. The van der Waals surface area contributed by atoms with Crippen LogP contribution >= 0.6 is 11.6 Å². The number of carbonyl (C=O) groups is 2. The third kappa shape index (κ3) is 5.05. The van der Waals surface area contributed by atoms with E-state index in [0.717, 1.165) is 5.56 Å².